The zero-order valence-electron chi connectivity index (χ0n) is 16.6. The molecule has 1 amide bonds. The van der Waals surface area contributed by atoms with Crippen LogP contribution in [-0.2, 0) is 7.05 Å². The Kier molecular flexibility index (Phi) is 4.67. The van der Waals surface area contributed by atoms with Crippen LogP contribution in [0.4, 0.5) is 5.82 Å². The summed E-state index contributed by atoms with van der Waals surface area (Å²) in [6.07, 6.45) is 0. The van der Waals surface area contributed by atoms with Crippen molar-refractivity contribution >= 4 is 22.8 Å². The fourth-order valence-electron chi connectivity index (χ4n) is 3.18. The molecule has 0 fully saturated rings. The van der Waals surface area contributed by atoms with E-state index in [4.69, 9.17) is 9.15 Å². The Morgan fingerprint density at radius 3 is 2.69 bits per heavy atom. The van der Waals surface area contributed by atoms with Crippen LogP contribution in [-0.4, -0.2) is 20.7 Å². The molecule has 0 aliphatic carbocycles. The number of carbonyl (C=O) groups excluding carboxylic acids is 1. The number of hydrazine groups is 1. The highest BCUT2D eigenvalue weighted by Crippen LogP contribution is 2.26. The first-order chi connectivity index (χ1) is 13.9. The van der Waals surface area contributed by atoms with E-state index >= 15 is 0 Å². The van der Waals surface area contributed by atoms with Crippen LogP contribution < -0.4 is 15.6 Å². The quantitative estimate of drug-likeness (QED) is 0.499. The Morgan fingerprint density at radius 2 is 1.90 bits per heavy atom. The van der Waals surface area contributed by atoms with Crippen LogP contribution in [0.3, 0.4) is 0 Å². The highest BCUT2D eigenvalue weighted by Gasteiger charge is 2.15. The van der Waals surface area contributed by atoms with E-state index in [-0.39, 0.29) is 11.7 Å². The lowest BCUT2D eigenvalue weighted by Crippen LogP contribution is -2.29. The van der Waals surface area contributed by atoms with Gasteiger partial charge in [-0.05, 0) is 50.1 Å². The number of aryl methyl sites for hydroxylation is 4. The summed E-state index contributed by atoms with van der Waals surface area (Å²) in [5.74, 6) is 1.10. The number of para-hydroxylation sites is 1. The third-order valence-corrected chi connectivity index (χ3v) is 4.58. The maximum atomic E-state index is 12.4. The monoisotopic (exact) mass is 391 g/mol. The molecule has 8 nitrogen and oxygen atoms in total. The van der Waals surface area contributed by atoms with Gasteiger partial charge in [-0.3, -0.25) is 20.3 Å². The molecule has 2 N–H and O–H groups in total. The predicted octanol–water partition coefficient (Wildman–Crippen LogP) is 4.04. The molecule has 0 radical (unpaired) electrons. The van der Waals surface area contributed by atoms with Crippen molar-refractivity contribution in [2.75, 3.05) is 5.43 Å². The Balaban J connectivity index is 1.45. The molecule has 0 aliphatic heterocycles. The van der Waals surface area contributed by atoms with Gasteiger partial charge in [0.2, 0.25) is 0 Å². The van der Waals surface area contributed by atoms with E-state index in [1.807, 2.05) is 58.2 Å². The first-order valence-electron chi connectivity index (χ1n) is 9.13. The summed E-state index contributed by atoms with van der Waals surface area (Å²) in [6, 6.07) is 12.6. The number of carbonyl (C=O) groups is 1. The van der Waals surface area contributed by atoms with Crippen LogP contribution >= 0.6 is 0 Å². The summed E-state index contributed by atoms with van der Waals surface area (Å²) in [4.78, 5) is 16.9. The van der Waals surface area contributed by atoms with Gasteiger partial charge in [0, 0.05) is 18.5 Å². The molecule has 0 saturated heterocycles. The molecule has 0 unspecified atom stereocenters. The van der Waals surface area contributed by atoms with Gasteiger partial charge in [-0.25, -0.2) is 4.98 Å². The van der Waals surface area contributed by atoms with E-state index in [9.17, 15) is 4.79 Å². The Bertz CT molecular complexity index is 1210. The number of hydrogen-bond donors (Lipinski definition) is 2. The van der Waals surface area contributed by atoms with Gasteiger partial charge < -0.3 is 9.15 Å². The predicted molar refractivity (Wildman–Crippen MR) is 109 cm³/mol. The number of furan rings is 1. The maximum Gasteiger partial charge on any atom is 0.305 e. The molecule has 29 heavy (non-hydrogen) atoms. The van der Waals surface area contributed by atoms with Crippen molar-refractivity contribution in [2.45, 2.75) is 20.8 Å². The van der Waals surface area contributed by atoms with E-state index in [0.29, 0.717) is 11.6 Å². The van der Waals surface area contributed by atoms with Crippen LogP contribution in [0, 0.1) is 20.8 Å². The Labute approximate surface area is 167 Å². The minimum absolute atomic E-state index is 0.121. The molecule has 0 spiro atoms. The summed E-state index contributed by atoms with van der Waals surface area (Å²) in [7, 11) is 1.84. The molecule has 0 atom stereocenters. The lowest BCUT2D eigenvalue weighted by atomic mass is 10.1. The fraction of sp³-hybridized carbons (Fsp3) is 0.190. The second-order valence-electron chi connectivity index (χ2n) is 6.80. The van der Waals surface area contributed by atoms with Crippen molar-refractivity contribution in [3.63, 3.8) is 0 Å². The number of nitrogens with zero attached hydrogens (tertiary/aromatic N) is 3. The number of rotatable bonds is 5. The number of aromatic nitrogens is 3. The molecule has 0 aliphatic rings. The van der Waals surface area contributed by atoms with Gasteiger partial charge in [0.1, 0.15) is 11.6 Å². The molecule has 3 heterocycles. The van der Waals surface area contributed by atoms with Crippen LogP contribution in [0.25, 0.3) is 11.0 Å². The summed E-state index contributed by atoms with van der Waals surface area (Å²) < 4.78 is 12.9. The fourth-order valence-corrected chi connectivity index (χ4v) is 3.18. The summed E-state index contributed by atoms with van der Waals surface area (Å²) >= 11 is 0. The summed E-state index contributed by atoms with van der Waals surface area (Å²) in [6.45, 7) is 5.86. The first-order valence-corrected chi connectivity index (χ1v) is 9.13. The topological polar surface area (TPSA) is 94.2 Å². The number of ether oxygens (including phenoxy) is 1. The number of benzene rings is 1. The first kappa shape index (κ1) is 18.5. The van der Waals surface area contributed by atoms with Crippen molar-refractivity contribution in [1.29, 1.82) is 0 Å². The Hall–Kier alpha value is -3.81. The zero-order valence-corrected chi connectivity index (χ0v) is 16.6. The standard InChI is InChI=1S/C21H21N5O3/c1-12-7-5-6-8-15(12)28-18-10-9-16(29-18)21(27)24-23-17-11-13(2)19-14(3)25-26(4)20(19)22-17/h5-11H,1-4H3,(H,22,23)(H,24,27). The van der Waals surface area contributed by atoms with Gasteiger partial charge in [0.05, 0.1) is 5.69 Å². The minimum atomic E-state index is -0.439. The number of amides is 1. The maximum absolute atomic E-state index is 12.4. The molecule has 148 valence electrons. The third-order valence-electron chi connectivity index (χ3n) is 4.58. The van der Waals surface area contributed by atoms with E-state index < -0.39 is 5.91 Å². The third kappa shape index (κ3) is 3.64. The highest BCUT2D eigenvalue weighted by atomic mass is 16.6. The van der Waals surface area contributed by atoms with Crippen LogP contribution in [0.5, 0.6) is 11.7 Å². The van der Waals surface area contributed by atoms with Crippen LogP contribution in [0.15, 0.2) is 46.9 Å². The second kappa shape index (κ2) is 7.31. The van der Waals surface area contributed by atoms with Gasteiger partial charge in [-0.15, -0.1) is 0 Å². The normalized spacial score (nSPS) is 10.9. The van der Waals surface area contributed by atoms with Gasteiger partial charge in [0.15, 0.2) is 11.4 Å². The molecule has 1 aromatic carbocycles. The summed E-state index contributed by atoms with van der Waals surface area (Å²) in [5.41, 5.74) is 9.07. The van der Waals surface area contributed by atoms with Gasteiger partial charge >= 0.3 is 5.91 Å². The highest BCUT2D eigenvalue weighted by molar-refractivity contribution is 5.92. The summed E-state index contributed by atoms with van der Waals surface area (Å²) in [5, 5.41) is 5.40. The molecular formula is C21H21N5O3. The van der Waals surface area contributed by atoms with E-state index in [1.165, 1.54) is 0 Å². The van der Waals surface area contributed by atoms with Crippen LogP contribution in [0.2, 0.25) is 0 Å². The SMILES string of the molecule is Cc1ccccc1Oc1ccc(C(=O)NNc2cc(C)c3c(C)nn(C)c3n2)o1. The van der Waals surface area contributed by atoms with E-state index in [2.05, 4.69) is 20.9 Å². The van der Waals surface area contributed by atoms with Crippen molar-refractivity contribution in [2.24, 2.45) is 7.05 Å². The molecule has 3 aromatic heterocycles. The number of nitrogens with one attached hydrogen (secondary N) is 2. The number of pyridine rings is 1. The lowest BCUT2D eigenvalue weighted by molar-refractivity contribution is 0.0930. The molecular weight excluding hydrogens is 370 g/mol. The van der Waals surface area contributed by atoms with Crippen molar-refractivity contribution < 1.29 is 13.9 Å². The molecule has 8 heteroatoms. The average molecular weight is 391 g/mol. The van der Waals surface area contributed by atoms with Crippen molar-refractivity contribution in [3.8, 4) is 11.7 Å². The second-order valence-corrected chi connectivity index (χ2v) is 6.80. The van der Waals surface area contributed by atoms with Crippen molar-refractivity contribution in [3.05, 3.63) is 65.0 Å². The average Bonchev–Trinajstić information content (AvgIpc) is 3.26. The molecule has 4 rings (SSSR count). The van der Waals surface area contributed by atoms with Crippen molar-refractivity contribution in [1.82, 2.24) is 20.2 Å². The minimum Gasteiger partial charge on any atom is -0.426 e. The number of fused-ring (bicyclic) bond motifs is 1. The van der Waals surface area contributed by atoms with Gasteiger partial charge in [-0.1, -0.05) is 18.2 Å². The number of hydrogen-bond acceptors (Lipinski definition) is 6. The lowest BCUT2D eigenvalue weighted by Gasteiger charge is -2.08. The smallest absolute Gasteiger partial charge is 0.305 e. The zero-order chi connectivity index (χ0) is 20.5. The molecule has 4 aromatic rings. The van der Waals surface area contributed by atoms with Gasteiger partial charge in [0.25, 0.3) is 5.95 Å². The molecule has 0 bridgehead atoms. The Morgan fingerprint density at radius 1 is 1.10 bits per heavy atom. The largest absolute Gasteiger partial charge is 0.426 e. The van der Waals surface area contributed by atoms with Gasteiger partial charge in [-0.2, -0.15) is 5.10 Å². The number of anilines is 1. The van der Waals surface area contributed by atoms with E-state index in [0.717, 1.165) is 27.9 Å². The molecule has 0 saturated carbocycles. The van der Waals surface area contributed by atoms with E-state index in [1.54, 1.807) is 16.8 Å². The van der Waals surface area contributed by atoms with Crippen LogP contribution in [0.1, 0.15) is 27.4 Å².